The lowest BCUT2D eigenvalue weighted by Gasteiger charge is -2.09. The molecule has 0 bridgehead atoms. The van der Waals surface area contributed by atoms with Gasteiger partial charge in [0.1, 0.15) is 6.10 Å². The van der Waals surface area contributed by atoms with Crippen molar-refractivity contribution < 1.29 is 9.84 Å². The van der Waals surface area contributed by atoms with E-state index in [4.69, 9.17) is 9.84 Å². The molecule has 0 saturated heterocycles. The van der Waals surface area contributed by atoms with Crippen molar-refractivity contribution in [1.29, 1.82) is 0 Å². The molecule has 0 fully saturated rings. The molecule has 0 heterocycles. The molecule has 0 aromatic rings. The molecule has 2 atom stereocenters. The van der Waals surface area contributed by atoms with E-state index in [2.05, 4.69) is 0 Å². The Kier molecular flexibility index (Phi) is 1.65. The van der Waals surface area contributed by atoms with Gasteiger partial charge in [0, 0.05) is 7.11 Å². The fraction of sp³-hybridized carbons (Fsp3) is 0.667. The lowest BCUT2D eigenvalue weighted by atomic mass is 10.2. The van der Waals surface area contributed by atoms with Crippen LogP contribution in [0.1, 0.15) is 6.42 Å². The van der Waals surface area contributed by atoms with E-state index in [0.29, 0.717) is 0 Å². The Morgan fingerprint density at radius 3 is 2.75 bits per heavy atom. The topological polar surface area (TPSA) is 29.5 Å². The summed E-state index contributed by atoms with van der Waals surface area (Å²) < 4.78 is 4.89. The van der Waals surface area contributed by atoms with Crippen molar-refractivity contribution in [3.63, 3.8) is 0 Å². The highest BCUT2D eigenvalue weighted by molar-refractivity contribution is 5.02. The van der Waals surface area contributed by atoms with E-state index in [1.54, 1.807) is 7.11 Å². The van der Waals surface area contributed by atoms with Crippen LogP contribution in [0.5, 0.6) is 0 Å². The van der Waals surface area contributed by atoms with Crippen LogP contribution in [0.4, 0.5) is 0 Å². The molecular weight excluding hydrogens is 104 g/mol. The number of hydrogen-bond acceptors (Lipinski definition) is 2. The highest BCUT2D eigenvalue weighted by Gasteiger charge is 2.18. The number of aliphatic hydroxyl groups is 1. The molecule has 46 valence electrons. The van der Waals surface area contributed by atoms with Gasteiger partial charge in [0.15, 0.2) is 0 Å². The fourth-order valence-electron chi connectivity index (χ4n) is 0.850. The van der Waals surface area contributed by atoms with Crippen LogP contribution in [0.15, 0.2) is 12.2 Å². The summed E-state index contributed by atoms with van der Waals surface area (Å²) in [6.45, 7) is 0. The average Bonchev–Trinajstić information content (AvgIpc) is 2.14. The van der Waals surface area contributed by atoms with Crippen LogP contribution in [0, 0.1) is 0 Å². The quantitative estimate of drug-likeness (QED) is 0.497. The summed E-state index contributed by atoms with van der Waals surface area (Å²) in [7, 11) is 1.60. The summed E-state index contributed by atoms with van der Waals surface area (Å²) in [5.41, 5.74) is 0. The van der Waals surface area contributed by atoms with Crippen LogP contribution in [0.2, 0.25) is 0 Å². The molecule has 8 heavy (non-hydrogen) atoms. The highest BCUT2D eigenvalue weighted by Crippen LogP contribution is 2.12. The van der Waals surface area contributed by atoms with E-state index >= 15 is 0 Å². The van der Waals surface area contributed by atoms with E-state index in [1.807, 2.05) is 12.2 Å². The first-order valence-corrected chi connectivity index (χ1v) is 2.72. The molecule has 0 aromatic carbocycles. The van der Waals surface area contributed by atoms with Crippen LogP contribution in [-0.4, -0.2) is 24.4 Å². The molecule has 0 aliphatic heterocycles. The van der Waals surface area contributed by atoms with Gasteiger partial charge in [-0.25, -0.2) is 0 Å². The van der Waals surface area contributed by atoms with Crippen molar-refractivity contribution in [2.24, 2.45) is 0 Å². The second-order valence-electron chi connectivity index (χ2n) is 1.93. The van der Waals surface area contributed by atoms with E-state index in [9.17, 15) is 0 Å². The van der Waals surface area contributed by atoms with Crippen LogP contribution in [0.25, 0.3) is 0 Å². The van der Waals surface area contributed by atoms with Crippen LogP contribution < -0.4 is 0 Å². The third kappa shape index (κ3) is 0.904. The normalized spacial score (nSPS) is 36.2. The van der Waals surface area contributed by atoms with Gasteiger partial charge in [0.2, 0.25) is 0 Å². The zero-order valence-corrected chi connectivity index (χ0v) is 4.87. The Morgan fingerprint density at radius 1 is 1.75 bits per heavy atom. The lowest BCUT2D eigenvalue weighted by molar-refractivity contribution is 0.0279. The Bertz CT molecular complexity index is 98.7. The summed E-state index contributed by atoms with van der Waals surface area (Å²) >= 11 is 0. The van der Waals surface area contributed by atoms with Gasteiger partial charge in [-0.2, -0.15) is 0 Å². The monoisotopic (exact) mass is 114 g/mol. The first-order valence-electron chi connectivity index (χ1n) is 2.72. The van der Waals surface area contributed by atoms with E-state index in [1.165, 1.54) is 0 Å². The third-order valence-electron chi connectivity index (χ3n) is 1.35. The summed E-state index contributed by atoms with van der Waals surface area (Å²) in [5.74, 6) is 0. The number of methoxy groups -OCH3 is 1. The van der Waals surface area contributed by atoms with Crippen molar-refractivity contribution in [2.45, 2.75) is 18.6 Å². The fourth-order valence-corrected chi connectivity index (χ4v) is 0.850. The van der Waals surface area contributed by atoms with Crippen molar-refractivity contribution in [3.05, 3.63) is 12.2 Å². The molecule has 0 saturated carbocycles. The van der Waals surface area contributed by atoms with E-state index < -0.39 is 0 Å². The first kappa shape index (κ1) is 5.79. The molecule has 0 radical (unpaired) electrons. The minimum absolute atomic E-state index is 0.0602. The van der Waals surface area contributed by atoms with Crippen molar-refractivity contribution >= 4 is 0 Å². The molecule has 0 aromatic heterocycles. The SMILES string of the molecule is CO[C@@H]1C=CC[C@H]1O. The predicted molar refractivity (Wildman–Crippen MR) is 30.6 cm³/mol. The minimum Gasteiger partial charge on any atom is -0.390 e. The Balaban J connectivity index is 2.41. The molecule has 0 unspecified atom stereocenters. The molecule has 1 aliphatic carbocycles. The maximum atomic E-state index is 9.00. The smallest absolute Gasteiger partial charge is 0.101 e. The molecule has 1 N–H and O–H groups in total. The van der Waals surface area contributed by atoms with E-state index in [0.717, 1.165) is 6.42 Å². The zero-order valence-electron chi connectivity index (χ0n) is 4.87. The van der Waals surface area contributed by atoms with Gasteiger partial charge in [-0.3, -0.25) is 0 Å². The van der Waals surface area contributed by atoms with Crippen LogP contribution in [-0.2, 0) is 4.74 Å². The molecule has 1 aliphatic rings. The number of ether oxygens (including phenoxy) is 1. The van der Waals surface area contributed by atoms with Gasteiger partial charge < -0.3 is 9.84 Å². The summed E-state index contributed by atoms with van der Waals surface area (Å²) in [4.78, 5) is 0. The van der Waals surface area contributed by atoms with Crippen LogP contribution in [0.3, 0.4) is 0 Å². The second kappa shape index (κ2) is 2.29. The first-order chi connectivity index (χ1) is 3.84. The van der Waals surface area contributed by atoms with E-state index in [-0.39, 0.29) is 12.2 Å². The zero-order chi connectivity index (χ0) is 5.98. The number of rotatable bonds is 1. The Morgan fingerprint density at radius 2 is 2.50 bits per heavy atom. The van der Waals surface area contributed by atoms with Crippen LogP contribution >= 0.6 is 0 Å². The molecule has 2 nitrogen and oxygen atoms in total. The maximum absolute atomic E-state index is 9.00. The second-order valence-corrected chi connectivity index (χ2v) is 1.93. The van der Waals surface area contributed by atoms with Gasteiger partial charge in [-0.05, 0) is 6.42 Å². The molecular formula is C6H10O2. The van der Waals surface area contributed by atoms with Gasteiger partial charge in [0.05, 0.1) is 6.10 Å². The third-order valence-corrected chi connectivity index (χ3v) is 1.35. The van der Waals surface area contributed by atoms with Gasteiger partial charge in [0.25, 0.3) is 0 Å². The maximum Gasteiger partial charge on any atom is 0.101 e. The predicted octanol–water partition coefficient (Wildman–Crippen LogP) is 0.322. The van der Waals surface area contributed by atoms with Crippen molar-refractivity contribution in [1.82, 2.24) is 0 Å². The molecule has 0 amide bonds. The molecule has 2 heteroatoms. The molecule has 1 rings (SSSR count). The minimum atomic E-state index is -0.306. The standard InChI is InChI=1S/C6H10O2/c1-8-6-4-2-3-5(6)7/h2,4-7H,3H2,1H3/t5-,6-/m1/s1. The lowest BCUT2D eigenvalue weighted by Crippen LogP contribution is -2.20. The summed E-state index contributed by atoms with van der Waals surface area (Å²) in [6.07, 6.45) is 4.18. The highest BCUT2D eigenvalue weighted by atomic mass is 16.5. The Hall–Kier alpha value is -0.340. The van der Waals surface area contributed by atoms with Crippen molar-refractivity contribution in [2.75, 3.05) is 7.11 Å². The van der Waals surface area contributed by atoms with Crippen molar-refractivity contribution in [3.8, 4) is 0 Å². The van der Waals surface area contributed by atoms with Gasteiger partial charge in [-0.1, -0.05) is 12.2 Å². The summed E-state index contributed by atoms with van der Waals surface area (Å²) in [6, 6.07) is 0. The number of aliphatic hydroxyl groups excluding tert-OH is 1. The number of hydrogen-bond donors (Lipinski definition) is 1. The largest absolute Gasteiger partial charge is 0.390 e. The van der Waals surface area contributed by atoms with Gasteiger partial charge in [-0.15, -0.1) is 0 Å². The van der Waals surface area contributed by atoms with Gasteiger partial charge >= 0.3 is 0 Å². The molecule has 0 spiro atoms. The average molecular weight is 114 g/mol. The Labute approximate surface area is 48.8 Å². The summed E-state index contributed by atoms with van der Waals surface area (Å²) in [5, 5.41) is 9.00.